The summed E-state index contributed by atoms with van der Waals surface area (Å²) in [5.41, 5.74) is 1.10. The second-order valence-corrected chi connectivity index (χ2v) is 5.74. The number of hydrogen-bond donors (Lipinski definition) is 2. The van der Waals surface area contributed by atoms with Crippen molar-refractivity contribution < 1.29 is 24.0 Å². The van der Waals surface area contributed by atoms with Crippen LogP contribution in [0.15, 0.2) is 18.2 Å². The Bertz CT molecular complexity index is 786. The molecule has 8 nitrogen and oxygen atoms in total. The van der Waals surface area contributed by atoms with Gasteiger partial charge in [-0.2, -0.15) is 0 Å². The van der Waals surface area contributed by atoms with Crippen LogP contribution in [0, 0.1) is 0 Å². The average molecular weight is 329 g/mol. The number of fused-ring (bicyclic) bond motifs is 1. The molecule has 5 amide bonds. The maximum atomic E-state index is 12.6. The molecule has 2 N–H and O–H groups in total. The molecule has 3 rings (SSSR count). The molecule has 0 aliphatic carbocycles. The Morgan fingerprint density at radius 3 is 2.58 bits per heavy atom. The Hall–Kier alpha value is -3.03. The van der Waals surface area contributed by atoms with Crippen molar-refractivity contribution in [2.75, 3.05) is 0 Å². The van der Waals surface area contributed by atoms with Crippen LogP contribution in [-0.2, 0) is 20.9 Å². The van der Waals surface area contributed by atoms with Gasteiger partial charge in [0.1, 0.15) is 6.04 Å². The normalized spacial score (nSPS) is 20.0. The average Bonchev–Trinajstić information content (AvgIpc) is 2.77. The van der Waals surface area contributed by atoms with E-state index < -0.39 is 29.7 Å². The molecule has 0 spiro atoms. The third-order valence-electron chi connectivity index (χ3n) is 4.05. The van der Waals surface area contributed by atoms with Crippen LogP contribution in [0.1, 0.15) is 46.0 Å². The van der Waals surface area contributed by atoms with Crippen LogP contribution in [0.3, 0.4) is 0 Å². The molecule has 1 aromatic carbocycles. The summed E-state index contributed by atoms with van der Waals surface area (Å²) < 4.78 is 0. The van der Waals surface area contributed by atoms with Gasteiger partial charge in [0.15, 0.2) is 0 Å². The minimum absolute atomic E-state index is 0.0809. The summed E-state index contributed by atoms with van der Waals surface area (Å²) in [4.78, 5) is 60.1. The van der Waals surface area contributed by atoms with Crippen molar-refractivity contribution in [1.82, 2.24) is 15.5 Å². The zero-order chi connectivity index (χ0) is 17.4. The number of amides is 5. The molecule has 2 aliphatic rings. The summed E-state index contributed by atoms with van der Waals surface area (Å²) in [6.45, 7) is 1.62. The van der Waals surface area contributed by atoms with E-state index in [1.807, 2.05) is 0 Å². The smallest absolute Gasteiger partial charge is 0.262 e. The van der Waals surface area contributed by atoms with E-state index in [1.165, 1.54) is 19.1 Å². The van der Waals surface area contributed by atoms with Gasteiger partial charge in [-0.05, 0) is 24.1 Å². The maximum Gasteiger partial charge on any atom is 0.262 e. The molecule has 0 bridgehead atoms. The van der Waals surface area contributed by atoms with E-state index in [1.54, 1.807) is 6.07 Å². The third-order valence-corrected chi connectivity index (χ3v) is 4.05. The van der Waals surface area contributed by atoms with Gasteiger partial charge in [-0.15, -0.1) is 0 Å². The lowest BCUT2D eigenvalue weighted by Crippen LogP contribution is -2.54. The molecule has 0 radical (unpaired) electrons. The van der Waals surface area contributed by atoms with Crippen molar-refractivity contribution in [2.24, 2.45) is 0 Å². The number of nitrogens with one attached hydrogen (secondary N) is 2. The van der Waals surface area contributed by atoms with Crippen LogP contribution >= 0.6 is 0 Å². The zero-order valence-electron chi connectivity index (χ0n) is 12.9. The van der Waals surface area contributed by atoms with Crippen molar-refractivity contribution in [1.29, 1.82) is 0 Å². The number of rotatable bonds is 3. The van der Waals surface area contributed by atoms with Gasteiger partial charge in [0.2, 0.25) is 17.7 Å². The lowest BCUT2D eigenvalue weighted by Gasteiger charge is -2.27. The fourth-order valence-electron chi connectivity index (χ4n) is 2.85. The highest BCUT2D eigenvalue weighted by atomic mass is 16.2. The summed E-state index contributed by atoms with van der Waals surface area (Å²) in [6, 6.07) is 3.72. The third kappa shape index (κ3) is 2.66. The highest BCUT2D eigenvalue weighted by Crippen LogP contribution is 2.28. The number of benzene rings is 1. The Morgan fingerprint density at radius 2 is 1.92 bits per heavy atom. The SMILES string of the molecule is CC(=O)NCc1ccc2c(c1)C(=O)N(C1CCC(=O)NC1=O)C2=O. The van der Waals surface area contributed by atoms with Crippen LogP contribution in [-0.4, -0.2) is 40.5 Å². The van der Waals surface area contributed by atoms with E-state index in [9.17, 15) is 24.0 Å². The zero-order valence-corrected chi connectivity index (χ0v) is 12.9. The standard InChI is InChI=1S/C16H15N3O5/c1-8(20)17-7-9-2-3-10-11(6-9)16(24)19(15(10)23)12-4-5-13(21)18-14(12)22/h2-3,6,12H,4-5,7H2,1H3,(H,17,20)(H,18,21,22). The molecule has 0 saturated carbocycles. The van der Waals surface area contributed by atoms with E-state index in [0.29, 0.717) is 5.56 Å². The minimum atomic E-state index is -0.978. The Morgan fingerprint density at radius 1 is 1.21 bits per heavy atom. The molecule has 2 aliphatic heterocycles. The first-order valence-electron chi connectivity index (χ1n) is 7.47. The number of imide groups is 2. The van der Waals surface area contributed by atoms with Crippen LogP contribution in [0.25, 0.3) is 0 Å². The number of piperidine rings is 1. The highest BCUT2D eigenvalue weighted by molar-refractivity contribution is 6.23. The van der Waals surface area contributed by atoms with Crippen molar-refractivity contribution in [3.63, 3.8) is 0 Å². The quantitative estimate of drug-likeness (QED) is 0.741. The van der Waals surface area contributed by atoms with Gasteiger partial charge in [-0.3, -0.25) is 34.2 Å². The molecule has 1 saturated heterocycles. The number of nitrogens with zero attached hydrogens (tertiary/aromatic N) is 1. The highest BCUT2D eigenvalue weighted by Gasteiger charge is 2.44. The molecule has 0 aromatic heterocycles. The first-order valence-corrected chi connectivity index (χ1v) is 7.47. The van der Waals surface area contributed by atoms with E-state index in [4.69, 9.17) is 0 Å². The van der Waals surface area contributed by atoms with Crippen molar-refractivity contribution >= 4 is 29.5 Å². The fraction of sp³-hybridized carbons (Fsp3) is 0.312. The van der Waals surface area contributed by atoms with E-state index in [-0.39, 0.29) is 36.4 Å². The van der Waals surface area contributed by atoms with Gasteiger partial charge >= 0.3 is 0 Å². The largest absolute Gasteiger partial charge is 0.352 e. The van der Waals surface area contributed by atoms with Gasteiger partial charge < -0.3 is 5.32 Å². The first kappa shape index (κ1) is 15.9. The molecule has 1 atom stereocenters. The molecule has 1 aromatic rings. The summed E-state index contributed by atoms with van der Waals surface area (Å²) in [7, 11) is 0. The van der Waals surface area contributed by atoms with Crippen LogP contribution in [0.2, 0.25) is 0 Å². The topological polar surface area (TPSA) is 113 Å². The van der Waals surface area contributed by atoms with Crippen molar-refractivity contribution in [3.05, 3.63) is 34.9 Å². The summed E-state index contributed by atoms with van der Waals surface area (Å²) >= 11 is 0. The maximum absolute atomic E-state index is 12.6. The van der Waals surface area contributed by atoms with E-state index >= 15 is 0 Å². The number of carbonyl (C=O) groups excluding carboxylic acids is 5. The molecule has 1 fully saturated rings. The van der Waals surface area contributed by atoms with Crippen LogP contribution in [0.5, 0.6) is 0 Å². The monoisotopic (exact) mass is 329 g/mol. The van der Waals surface area contributed by atoms with Gasteiger partial charge in [0.25, 0.3) is 11.8 Å². The van der Waals surface area contributed by atoms with Crippen molar-refractivity contribution in [3.8, 4) is 0 Å². The van der Waals surface area contributed by atoms with Gasteiger partial charge in [-0.1, -0.05) is 6.07 Å². The van der Waals surface area contributed by atoms with Gasteiger partial charge in [0, 0.05) is 19.9 Å². The molecule has 124 valence electrons. The molecule has 8 heteroatoms. The first-order chi connectivity index (χ1) is 11.4. The lowest BCUT2D eigenvalue weighted by molar-refractivity contribution is -0.136. The molecular formula is C16H15N3O5. The Labute approximate surface area is 137 Å². The Balaban J connectivity index is 1.86. The minimum Gasteiger partial charge on any atom is -0.352 e. The summed E-state index contributed by atoms with van der Waals surface area (Å²) in [5.74, 6) is -2.36. The Kier molecular flexibility index (Phi) is 3.88. The van der Waals surface area contributed by atoms with Crippen LogP contribution in [0.4, 0.5) is 0 Å². The van der Waals surface area contributed by atoms with Gasteiger partial charge in [-0.25, -0.2) is 0 Å². The van der Waals surface area contributed by atoms with Crippen LogP contribution < -0.4 is 10.6 Å². The molecule has 1 unspecified atom stereocenters. The summed E-state index contributed by atoms with van der Waals surface area (Å²) in [5, 5.41) is 4.76. The van der Waals surface area contributed by atoms with Gasteiger partial charge in [0.05, 0.1) is 11.1 Å². The second-order valence-electron chi connectivity index (χ2n) is 5.74. The molecule has 24 heavy (non-hydrogen) atoms. The molecule has 2 heterocycles. The van der Waals surface area contributed by atoms with E-state index in [0.717, 1.165) is 4.90 Å². The summed E-state index contributed by atoms with van der Waals surface area (Å²) in [6.07, 6.45) is 0.201. The second kappa shape index (κ2) is 5.88. The lowest BCUT2D eigenvalue weighted by atomic mass is 10.0. The van der Waals surface area contributed by atoms with Crippen molar-refractivity contribution in [2.45, 2.75) is 32.4 Å². The number of carbonyl (C=O) groups is 5. The number of hydrogen-bond acceptors (Lipinski definition) is 5. The molecular weight excluding hydrogens is 314 g/mol. The van der Waals surface area contributed by atoms with E-state index in [2.05, 4.69) is 10.6 Å². The fourth-order valence-corrected chi connectivity index (χ4v) is 2.85. The predicted molar refractivity (Wildman–Crippen MR) is 80.6 cm³/mol. The predicted octanol–water partition coefficient (Wildman–Crippen LogP) is -0.276.